The molecule has 3 heterocycles. The maximum absolute atomic E-state index is 12.3. The molecule has 0 aliphatic carbocycles. The molecule has 0 bridgehead atoms. The van der Waals surface area contributed by atoms with Gasteiger partial charge in [-0.15, -0.1) is 5.10 Å². The molecule has 0 radical (unpaired) electrons. The molecule has 4 rings (SSSR count). The monoisotopic (exact) mass is 324 g/mol. The zero-order chi connectivity index (χ0) is 16.5. The van der Waals surface area contributed by atoms with E-state index in [0.29, 0.717) is 17.7 Å². The zero-order valence-electron chi connectivity index (χ0n) is 13.6. The van der Waals surface area contributed by atoms with Crippen LogP contribution in [0.2, 0.25) is 0 Å². The lowest BCUT2D eigenvalue weighted by Crippen LogP contribution is -2.28. The number of H-pyrrole nitrogens is 1. The Bertz CT molecular complexity index is 905. The Labute approximate surface area is 139 Å². The van der Waals surface area contributed by atoms with Crippen LogP contribution in [-0.2, 0) is 6.54 Å². The van der Waals surface area contributed by atoms with Crippen LogP contribution >= 0.6 is 0 Å². The lowest BCUT2D eigenvalue weighted by molar-refractivity contribution is 0.444. The Kier molecular flexibility index (Phi) is 3.86. The number of benzene rings is 1. The van der Waals surface area contributed by atoms with Gasteiger partial charge >= 0.3 is 0 Å². The molecule has 0 saturated carbocycles. The summed E-state index contributed by atoms with van der Waals surface area (Å²) < 4.78 is 1.71. The van der Waals surface area contributed by atoms with E-state index in [1.807, 2.05) is 0 Å². The van der Waals surface area contributed by atoms with Crippen LogP contribution in [0.25, 0.3) is 11.2 Å². The van der Waals surface area contributed by atoms with E-state index in [-0.39, 0.29) is 11.5 Å². The van der Waals surface area contributed by atoms with Gasteiger partial charge in [-0.3, -0.25) is 4.79 Å². The molecule has 1 aliphatic heterocycles. The molecule has 0 unspecified atom stereocenters. The fraction of sp³-hybridized carbons (Fsp3) is 0.412. The molecule has 0 amide bonds. The fourth-order valence-electron chi connectivity index (χ4n) is 3.14. The molecule has 7 nitrogen and oxygen atoms in total. The highest BCUT2D eigenvalue weighted by atomic mass is 16.1. The molecule has 0 spiro atoms. The number of nitrogens with one attached hydrogen (secondary N) is 2. The van der Waals surface area contributed by atoms with Gasteiger partial charge in [-0.05, 0) is 38.4 Å². The van der Waals surface area contributed by atoms with Crippen LogP contribution in [0.5, 0.6) is 0 Å². The second-order valence-corrected chi connectivity index (χ2v) is 6.38. The highest BCUT2D eigenvalue weighted by Gasteiger charge is 2.20. The number of hydrogen-bond donors (Lipinski definition) is 2. The topological polar surface area (TPSA) is 88.5 Å². The number of nitrogens with zero attached hydrogens (tertiary/aromatic N) is 4. The number of rotatable bonds is 3. The highest BCUT2D eigenvalue weighted by Crippen LogP contribution is 2.22. The molecule has 1 fully saturated rings. The molecule has 3 aromatic rings. The minimum Gasteiger partial charge on any atom is -0.317 e. The third-order valence-electron chi connectivity index (χ3n) is 4.57. The van der Waals surface area contributed by atoms with Gasteiger partial charge in [-0.1, -0.05) is 35.0 Å². The van der Waals surface area contributed by atoms with Crippen molar-refractivity contribution in [1.82, 2.24) is 30.3 Å². The summed E-state index contributed by atoms with van der Waals surface area (Å²) in [5, 5.41) is 11.5. The predicted molar refractivity (Wildman–Crippen MR) is 91.1 cm³/mol. The van der Waals surface area contributed by atoms with Crippen molar-refractivity contribution < 1.29 is 0 Å². The van der Waals surface area contributed by atoms with Gasteiger partial charge in [0, 0.05) is 5.92 Å². The van der Waals surface area contributed by atoms with Gasteiger partial charge in [-0.25, -0.2) is 9.67 Å². The van der Waals surface area contributed by atoms with E-state index in [1.54, 1.807) is 4.68 Å². The molecule has 7 heteroatoms. The van der Waals surface area contributed by atoms with Gasteiger partial charge in [-0.2, -0.15) is 0 Å². The number of piperidine rings is 1. The van der Waals surface area contributed by atoms with Gasteiger partial charge in [0.2, 0.25) is 0 Å². The lowest BCUT2D eigenvalue weighted by atomic mass is 9.97. The first-order valence-electron chi connectivity index (χ1n) is 8.30. The summed E-state index contributed by atoms with van der Waals surface area (Å²) in [5.74, 6) is 1.03. The summed E-state index contributed by atoms with van der Waals surface area (Å²) in [5.41, 5.74) is 2.99. The van der Waals surface area contributed by atoms with Crippen molar-refractivity contribution in [2.24, 2.45) is 0 Å². The van der Waals surface area contributed by atoms with Crippen LogP contribution < -0.4 is 10.9 Å². The first-order valence-corrected chi connectivity index (χ1v) is 8.30. The van der Waals surface area contributed by atoms with E-state index >= 15 is 0 Å². The van der Waals surface area contributed by atoms with Gasteiger partial charge < -0.3 is 10.3 Å². The molecule has 124 valence electrons. The molecule has 1 saturated heterocycles. The summed E-state index contributed by atoms with van der Waals surface area (Å²) in [4.78, 5) is 19.9. The van der Waals surface area contributed by atoms with E-state index < -0.39 is 0 Å². The number of aromatic nitrogens is 5. The minimum atomic E-state index is -0.205. The Balaban J connectivity index is 1.72. The maximum Gasteiger partial charge on any atom is 0.281 e. The van der Waals surface area contributed by atoms with Crippen LogP contribution in [0.4, 0.5) is 0 Å². The average molecular weight is 324 g/mol. The average Bonchev–Trinajstić information content (AvgIpc) is 3.01. The van der Waals surface area contributed by atoms with Crippen molar-refractivity contribution in [3.63, 3.8) is 0 Å². The van der Waals surface area contributed by atoms with E-state index in [0.717, 1.165) is 37.3 Å². The quantitative estimate of drug-likeness (QED) is 0.759. The molecule has 2 aromatic heterocycles. The smallest absolute Gasteiger partial charge is 0.281 e. The summed E-state index contributed by atoms with van der Waals surface area (Å²) in [6.45, 7) is 4.51. The van der Waals surface area contributed by atoms with Gasteiger partial charge in [0.1, 0.15) is 5.82 Å². The third-order valence-corrected chi connectivity index (χ3v) is 4.57. The maximum atomic E-state index is 12.3. The first kappa shape index (κ1) is 15.0. The molecule has 2 N–H and O–H groups in total. The van der Waals surface area contributed by atoms with Crippen LogP contribution in [0.15, 0.2) is 29.1 Å². The number of hydrogen-bond acceptors (Lipinski definition) is 5. The SMILES string of the molecule is Cc1ccc(Cn2nnc3c(=O)[nH]c(C4CCNCC4)nc32)cc1. The minimum absolute atomic E-state index is 0.205. The molecular formula is C17H20N6O. The van der Waals surface area contributed by atoms with Gasteiger partial charge in [0.15, 0.2) is 11.2 Å². The van der Waals surface area contributed by atoms with E-state index in [4.69, 9.17) is 0 Å². The van der Waals surface area contributed by atoms with Crippen molar-refractivity contribution in [2.75, 3.05) is 13.1 Å². The van der Waals surface area contributed by atoms with E-state index in [2.05, 4.69) is 56.8 Å². The summed E-state index contributed by atoms with van der Waals surface area (Å²) in [7, 11) is 0. The van der Waals surface area contributed by atoms with Crippen molar-refractivity contribution >= 4 is 11.2 Å². The van der Waals surface area contributed by atoms with Crippen molar-refractivity contribution in [1.29, 1.82) is 0 Å². The molecule has 0 atom stereocenters. The second kappa shape index (κ2) is 6.16. The van der Waals surface area contributed by atoms with Gasteiger partial charge in [0.05, 0.1) is 6.54 Å². The third kappa shape index (κ3) is 2.82. The standard InChI is InChI=1S/C17H20N6O/c1-11-2-4-12(5-3-11)10-23-16-14(21-22-23)17(24)20-15(19-16)13-6-8-18-9-7-13/h2-5,13,18H,6-10H2,1H3,(H,19,20,24). The van der Waals surface area contributed by atoms with Crippen LogP contribution in [-0.4, -0.2) is 38.1 Å². The largest absolute Gasteiger partial charge is 0.317 e. The Hall–Kier alpha value is -2.54. The highest BCUT2D eigenvalue weighted by molar-refractivity contribution is 5.68. The Morgan fingerprint density at radius 3 is 2.71 bits per heavy atom. The van der Waals surface area contributed by atoms with Crippen molar-refractivity contribution in [2.45, 2.75) is 32.2 Å². The predicted octanol–water partition coefficient (Wildman–Crippen LogP) is 1.34. The van der Waals surface area contributed by atoms with Gasteiger partial charge in [0.25, 0.3) is 5.56 Å². The fourth-order valence-corrected chi connectivity index (χ4v) is 3.14. The summed E-state index contributed by atoms with van der Waals surface area (Å²) in [6.07, 6.45) is 1.96. The van der Waals surface area contributed by atoms with Crippen LogP contribution in [0, 0.1) is 6.92 Å². The van der Waals surface area contributed by atoms with Crippen molar-refractivity contribution in [3.8, 4) is 0 Å². The molecule has 1 aromatic carbocycles. The number of aromatic amines is 1. The van der Waals surface area contributed by atoms with E-state index in [1.165, 1.54) is 5.56 Å². The molecule has 1 aliphatic rings. The van der Waals surface area contributed by atoms with Crippen LogP contribution in [0.1, 0.15) is 35.7 Å². The van der Waals surface area contributed by atoms with E-state index in [9.17, 15) is 4.79 Å². The normalized spacial score (nSPS) is 15.9. The Morgan fingerprint density at radius 2 is 1.96 bits per heavy atom. The summed E-state index contributed by atoms with van der Waals surface area (Å²) >= 11 is 0. The molecule has 24 heavy (non-hydrogen) atoms. The zero-order valence-corrected chi connectivity index (χ0v) is 13.6. The second-order valence-electron chi connectivity index (χ2n) is 6.38. The number of aryl methyl sites for hydroxylation is 1. The molecular weight excluding hydrogens is 304 g/mol. The Morgan fingerprint density at radius 1 is 1.21 bits per heavy atom. The van der Waals surface area contributed by atoms with Crippen LogP contribution in [0.3, 0.4) is 0 Å². The van der Waals surface area contributed by atoms with Crippen molar-refractivity contribution in [3.05, 3.63) is 51.6 Å². The summed E-state index contributed by atoms with van der Waals surface area (Å²) in [6, 6.07) is 8.25. The first-order chi connectivity index (χ1) is 11.7. The number of fused-ring (bicyclic) bond motifs is 1. The lowest BCUT2D eigenvalue weighted by Gasteiger charge is -2.21.